The monoisotopic (exact) mass is 335 g/mol. The van der Waals surface area contributed by atoms with Crippen LogP contribution in [0.4, 0.5) is 0 Å². The molecule has 128 valence electrons. The van der Waals surface area contributed by atoms with Crippen molar-refractivity contribution in [2.45, 2.75) is 31.8 Å². The quantitative estimate of drug-likeness (QED) is 0.764. The molecule has 5 nitrogen and oxygen atoms in total. The third-order valence-electron chi connectivity index (χ3n) is 5.17. The van der Waals surface area contributed by atoms with Crippen LogP contribution in [0.25, 0.3) is 5.65 Å². The summed E-state index contributed by atoms with van der Waals surface area (Å²) >= 11 is 0. The highest BCUT2D eigenvalue weighted by atomic mass is 16.3. The smallest absolute Gasteiger partial charge is 0.258 e. The van der Waals surface area contributed by atoms with Gasteiger partial charge in [-0.3, -0.25) is 14.5 Å². The molecule has 0 spiro atoms. The maximum Gasteiger partial charge on any atom is 0.258 e. The summed E-state index contributed by atoms with van der Waals surface area (Å²) in [4.78, 5) is 17.0. The number of hydrogen-bond donors (Lipinski definition) is 2. The molecule has 0 radical (unpaired) electrons. The van der Waals surface area contributed by atoms with Crippen molar-refractivity contribution in [3.8, 4) is 0 Å². The topological polar surface area (TPSA) is 66.6 Å². The molecule has 0 saturated carbocycles. The number of pyridine rings is 1. The molecule has 1 aliphatic rings. The van der Waals surface area contributed by atoms with Crippen LogP contribution in [0.2, 0.25) is 0 Å². The van der Waals surface area contributed by atoms with E-state index in [2.05, 4.69) is 22.4 Å². The Morgan fingerprint density at radius 1 is 1.24 bits per heavy atom. The van der Waals surface area contributed by atoms with Crippen LogP contribution >= 0.6 is 0 Å². The lowest BCUT2D eigenvalue weighted by Crippen LogP contribution is -2.43. The lowest BCUT2D eigenvalue weighted by atomic mass is 9.92. The largest absolute Gasteiger partial charge is 0.394 e. The van der Waals surface area contributed by atoms with Crippen LogP contribution in [-0.2, 0) is 18.5 Å². The Labute approximate surface area is 146 Å². The van der Waals surface area contributed by atoms with E-state index in [0.717, 1.165) is 24.1 Å². The van der Waals surface area contributed by atoms with E-state index in [0.29, 0.717) is 17.9 Å². The number of benzene rings is 1. The van der Waals surface area contributed by atoms with Crippen molar-refractivity contribution in [3.63, 3.8) is 0 Å². The highest BCUT2D eigenvalue weighted by Gasteiger charge is 2.37. The maximum absolute atomic E-state index is 12.4. The predicted molar refractivity (Wildman–Crippen MR) is 96.6 cm³/mol. The molecule has 2 aromatic heterocycles. The van der Waals surface area contributed by atoms with Gasteiger partial charge < -0.3 is 5.11 Å². The molecule has 4 rings (SSSR count). The third-order valence-corrected chi connectivity index (χ3v) is 5.17. The van der Waals surface area contributed by atoms with Gasteiger partial charge in [-0.2, -0.15) is 0 Å². The van der Waals surface area contributed by atoms with Crippen molar-refractivity contribution < 1.29 is 5.11 Å². The molecule has 5 heteroatoms. The number of fused-ring (bicyclic) bond motifs is 2. The minimum absolute atomic E-state index is 0.0235. The summed E-state index contributed by atoms with van der Waals surface area (Å²) in [5, 5.41) is 13.5. The van der Waals surface area contributed by atoms with E-state index < -0.39 is 5.54 Å². The van der Waals surface area contributed by atoms with Crippen molar-refractivity contribution in [3.05, 3.63) is 81.4 Å². The van der Waals surface area contributed by atoms with Crippen LogP contribution in [-0.4, -0.2) is 21.1 Å². The van der Waals surface area contributed by atoms with Crippen molar-refractivity contribution in [1.29, 1.82) is 0 Å². The van der Waals surface area contributed by atoms with Crippen LogP contribution in [0.3, 0.4) is 0 Å². The molecule has 2 heterocycles. The average Bonchev–Trinajstić information content (AvgIpc) is 2.99. The van der Waals surface area contributed by atoms with E-state index in [9.17, 15) is 9.90 Å². The molecule has 1 atom stereocenters. The molecule has 1 aromatic carbocycles. The van der Waals surface area contributed by atoms with E-state index in [1.54, 1.807) is 10.5 Å². The van der Waals surface area contributed by atoms with Gasteiger partial charge in [0.25, 0.3) is 5.56 Å². The predicted octanol–water partition coefficient (Wildman–Crippen LogP) is 1.93. The van der Waals surface area contributed by atoms with Crippen LogP contribution in [0.1, 0.15) is 28.9 Å². The lowest BCUT2D eigenvalue weighted by Gasteiger charge is -2.29. The highest BCUT2D eigenvalue weighted by molar-refractivity contribution is 5.41. The first kappa shape index (κ1) is 16.0. The van der Waals surface area contributed by atoms with Gasteiger partial charge >= 0.3 is 0 Å². The maximum atomic E-state index is 12.4. The van der Waals surface area contributed by atoms with Gasteiger partial charge in [-0.15, -0.1) is 0 Å². The van der Waals surface area contributed by atoms with Gasteiger partial charge in [0.2, 0.25) is 0 Å². The fourth-order valence-electron chi connectivity index (χ4n) is 3.81. The van der Waals surface area contributed by atoms with Crippen LogP contribution in [0.5, 0.6) is 0 Å². The number of aromatic nitrogens is 2. The Bertz CT molecular complexity index is 996. The minimum atomic E-state index is -0.462. The zero-order valence-electron chi connectivity index (χ0n) is 14.2. The van der Waals surface area contributed by atoms with Crippen molar-refractivity contribution in [2.24, 2.45) is 0 Å². The summed E-state index contributed by atoms with van der Waals surface area (Å²) < 4.78 is 1.61. The van der Waals surface area contributed by atoms with Crippen LogP contribution in [0, 0.1) is 6.92 Å². The van der Waals surface area contributed by atoms with E-state index in [1.165, 1.54) is 5.56 Å². The number of aliphatic hydroxyl groups excluding tert-OH is 1. The normalized spacial score (nSPS) is 19.3. The molecular formula is C20H21N3O2. The summed E-state index contributed by atoms with van der Waals surface area (Å²) in [7, 11) is 0. The SMILES string of the molecule is Cc1cccc2nc(CNC3(CO)CCc4ccccc43)cc(=O)n12. The van der Waals surface area contributed by atoms with Gasteiger partial charge in [-0.05, 0) is 43.0 Å². The summed E-state index contributed by atoms with van der Waals surface area (Å²) in [6, 6.07) is 15.4. The summed E-state index contributed by atoms with van der Waals surface area (Å²) in [5.74, 6) is 0. The van der Waals surface area contributed by atoms with Crippen molar-refractivity contribution in [2.75, 3.05) is 6.61 Å². The molecule has 0 bridgehead atoms. The second-order valence-corrected chi connectivity index (χ2v) is 6.70. The highest BCUT2D eigenvalue weighted by Crippen LogP contribution is 2.36. The van der Waals surface area contributed by atoms with Gasteiger partial charge in [0.1, 0.15) is 5.65 Å². The van der Waals surface area contributed by atoms with Crippen molar-refractivity contribution >= 4 is 5.65 Å². The van der Waals surface area contributed by atoms with Crippen LogP contribution in [0.15, 0.2) is 53.3 Å². The number of nitrogens with zero attached hydrogens (tertiary/aromatic N) is 2. The molecule has 1 unspecified atom stereocenters. The van der Waals surface area contributed by atoms with Gasteiger partial charge in [-0.25, -0.2) is 4.98 Å². The summed E-state index contributed by atoms with van der Waals surface area (Å²) in [6.07, 6.45) is 1.78. The first-order chi connectivity index (χ1) is 12.1. The Morgan fingerprint density at radius 2 is 2.08 bits per heavy atom. The number of aliphatic hydroxyl groups is 1. The van der Waals surface area contributed by atoms with Crippen molar-refractivity contribution in [1.82, 2.24) is 14.7 Å². The second kappa shape index (κ2) is 6.10. The van der Waals surface area contributed by atoms with Gasteiger partial charge in [0.05, 0.1) is 17.8 Å². The zero-order chi connectivity index (χ0) is 17.4. The molecular weight excluding hydrogens is 314 g/mol. The van der Waals surface area contributed by atoms with Gasteiger partial charge in [0.15, 0.2) is 0 Å². The first-order valence-corrected chi connectivity index (χ1v) is 8.55. The molecule has 0 amide bonds. The second-order valence-electron chi connectivity index (χ2n) is 6.70. The molecule has 25 heavy (non-hydrogen) atoms. The molecule has 0 aliphatic heterocycles. The number of aryl methyl sites for hydroxylation is 2. The Kier molecular flexibility index (Phi) is 3.90. The van der Waals surface area contributed by atoms with E-state index in [1.807, 2.05) is 37.3 Å². The minimum Gasteiger partial charge on any atom is -0.394 e. The van der Waals surface area contributed by atoms with Gasteiger partial charge in [0, 0.05) is 18.3 Å². The zero-order valence-corrected chi connectivity index (χ0v) is 14.2. The Balaban J connectivity index is 1.65. The van der Waals surface area contributed by atoms with Gasteiger partial charge in [-0.1, -0.05) is 30.3 Å². The fourth-order valence-corrected chi connectivity index (χ4v) is 3.81. The average molecular weight is 335 g/mol. The number of rotatable bonds is 4. The lowest BCUT2D eigenvalue weighted by molar-refractivity contribution is 0.158. The number of nitrogens with one attached hydrogen (secondary N) is 1. The first-order valence-electron chi connectivity index (χ1n) is 8.55. The molecule has 2 N–H and O–H groups in total. The Morgan fingerprint density at radius 3 is 2.92 bits per heavy atom. The molecule has 0 saturated heterocycles. The summed E-state index contributed by atoms with van der Waals surface area (Å²) in [5.41, 5.74) is 4.07. The van der Waals surface area contributed by atoms with E-state index >= 15 is 0 Å². The molecule has 1 aliphatic carbocycles. The van der Waals surface area contributed by atoms with E-state index in [4.69, 9.17) is 0 Å². The van der Waals surface area contributed by atoms with E-state index in [-0.39, 0.29) is 12.2 Å². The number of hydrogen-bond acceptors (Lipinski definition) is 4. The Hall–Kier alpha value is -2.50. The molecule has 0 fully saturated rings. The molecule has 3 aromatic rings. The standard InChI is InChI=1S/C20H21N3O2/c1-14-5-4-8-18-22-16(11-19(25)23(14)18)12-21-20(13-24)10-9-15-6-2-3-7-17(15)20/h2-8,11,21,24H,9-10,12-13H2,1H3. The third kappa shape index (κ3) is 2.65. The van der Waals surface area contributed by atoms with Crippen LogP contribution < -0.4 is 10.9 Å². The fraction of sp³-hybridized carbons (Fsp3) is 0.300. The summed E-state index contributed by atoms with van der Waals surface area (Å²) in [6.45, 7) is 2.36.